The van der Waals surface area contributed by atoms with Gasteiger partial charge in [0.05, 0.1) is 17.8 Å². The molecule has 1 fully saturated rings. The Kier molecular flexibility index (Phi) is 5.64. The van der Waals surface area contributed by atoms with Crippen LogP contribution < -0.4 is 0 Å². The number of aliphatic carboxylic acids is 3. The molecule has 0 radical (unpaired) electrons. The highest BCUT2D eigenvalue weighted by Crippen LogP contribution is 2.41. The van der Waals surface area contributed by atoms with Gasteiger partial charge < -0.3 is 15.3 Å². The van der Waals surface area contributed by atoms with Crippen LogP contribution in [-0.2, 0) is 14.4 Å². The molecule has 0 heterocycles. The van der Waals surface area contributed by atoms with E-state index < -0.39 is 41.6 Å². The number of rotatable bonds is 3. The minimum absolute atomic E-state index is 0.100. The highest BCUT2D eigenvalue weighted by Gasteiger charge is 2.52. The van der Waals surface area contributed by atoms with E-state index in [1.54, 1.807) is 6.92 Å². The quantitative estimate of drug-likeness (QED) is 0.688. The van der Waals surface area contributed by atoms with Crippen LogP contribution in [0, 0.1) is 23.7 Å². The van der Waals surface area contributed by atoms with Crippen molar-refractivity contribution in [3.8, 4) is 0 Å². The second-order valence-corrected chi connectivity index (χ2v) is 3.89. The van der Waals surface area contributed by atoms with Gasteiger partial charge in [-0.3, -0.25) is 14.4 Å². The summed E-state index contributed by atoms with van der Waals surface area (Å²) in [5, 5.41) is 26.5. The lowest BCUT2D eigenvalue weighted by Gasteiger charge is -2.16. The molecule has 6 nitrogen and oxygen atoms in total. The molecule has 1 aliphatic rings. The first-order valence-corrected chi connectivity index (χ1v) is 5.54. The SMILES string of the molecule is CC.CC1CC(C(=O)O)C(C(=O)O)C1C(=O)O. The molecule has 0 aromatic heterocycles. The molecule has 0 aliphatic heterocycles. The molecule has 4 unspecified atom stereocenters. The molecule has 0 spiro atoms. The van der Waals surface area contributed by atoms with Crippen molar-refractivity contribution >= 4 is 17.9 Å². The minimum atomic E-state index is -1.35. The van der Waals surface area contributed by atoms with Gasteiger partial charge in [-0.05, 0) is 12.3 Å². The van der Waals surface area contributed by atoms with Crippen LogP contribution >= 0.6 is 0 Å². The summed E-state index contributed by atoms with van der Waals surface area (Å²) in [5.41, 5.74) is 0. The number of carbonyl (C=O) groups is 3. The summed E-state index contributed by atoms with van der Waals surface area (Å²) in [6, 6.07) is 0. The minimum Gasteiger partial charge on any atom is -0.481 e. The van der Waals surface area contributed by atoms with Crippen molar-refractivity contribution in [2.24, 2.45) is 23.7 Å². The fourth-order valence-corrected chi connectivity index (χ4v) is 2.28. The van der Waals surface area contributed by atoms with Crippen LogP contribution in [0.1, 0.15) is 27.2 Å². The smallest absolute Gasteiger partial charge is 0.308 e. The number of hydrogen-bond acceptors (Lipinski definition) is 3. The van der Waals surface area contributed by atoms with Gasteiger partial charge in [0, 0.05) is 0 Å². The van der Waals surface area contributed by atoms with Gasteiger partial charge in [0.1, 0.15) is 0 Å². The standard InChI is InChI=1S/C9H12O6.C2H6/c1-3-2-4(7(10)11)6(9(14)15)5(3)8(12)13;1-2/h3-6H,2H2,1H3,(H,10,11)(H,12,13)(H,14,15);1-2H3. The van der Waals surface area contributed by atoms with Crippen LogP contribution in [0.25, 0.3) is 0 Å². The molecule has 0 bridgehead atoms. The van der Waals surface area contributed by atoms with Gasteiger partial charge >= 0.3 is 17.9 Å². The molecular formula is C11H18O6. The summed E-state index contributed by atoms with van der Waals surface area (Å²) in [7, 11) is 0. The summed E-state index contributed by atoms with van der Waals surface area (Å²) in [6.07, 6.45) is 0.100. The second kappa shape index (κ2) is 6.22. The molecule has 3 N–H and O–H groups in total. The summed E-state index contributed by atoms with van der Waals surface area (Å²) in [5.74, 6) is -7.78. The first-order chi connectivity index (χ1) is 7.86. The highest BCUT2D eigenvalue weighted by molar-refractivity contribution is 5.86. The zero-order chi connectivity index (χ0) is 13.7. The van der Waals surface area contributed by atoms with Crippen molar-refractivity contribution in [1.82, 2.24) is 0 Å². The third-order valence-electron chi connectivity index (χ3n) is 2.95. The van der Waals surface area contributed by atoms with Gasteiger partial charge in [0.15, 0.2) is 0 Å². The zero-order valence-corrected chi connectivity index (χ0v) is 10.1. The Labute approximate surface area is 99.3 Å². The molecule has 0 aromatic rings. The largest absolute Gasteiger partial charge is 0.481 e. The van der Waals surface area contributed by atoms with Gasteiger partial charge in [-0.2, -0.15) is 0 Å². The van der Waals surface area contributed by atoms with Crippen molar-refractivity contribution in [2.45, 2.75) is 27.2 Å². The molecular weight excluding hydrogens is 228 g/mol. The summed E-state index contributed by atoms with van der Waals surface area (Å²) in [6.45, 7) is 5.57. The first kappa shape index (κ1) is 15.4. The molecule has 1 aliphatic carbocycles. The van der Waals surface area contributed by atoms with Crippen LogP contribution in [0.2, 0.25) is 0 Å². The van der Waals surface area contributed by atoms with Crippen LogP contribution in [0.15, 0.2) is 0 Å². The summed E-state index contributed by atoms with van der Waals surface area (Å²) < 4.78 is 0. The van der Waals surface area contributed by atoms with Crippen molar-refractivity contribution in [1.29, 1.82) is 0 Å². The molecule has 6 heteroatoms. The first-order valence-electron chi connectivity index (χ1n) is 5.54. The van der Waals surface area contributed by atoms with Gasteiger partial charge in [-0.15, -0.1) is 0 Å². The Morgan fingerprint density at radius 2 is 1.29 bits per heavy atom. The van der Waals surface area contributed by atoms with E-state index in [-0.39, 0.29) is 6.42 Å². The van der Waals surface area contributed by atoms with Gasteiger partial charge in [-0.25, -0.2) is 0 Å². The fraction of sp³-hybridized carbons (Fsp3) is 0.727. The van der Waals surface area contributed by atoms with E-state index in [0.29, 0.717) is 0 Å². The molecule has 98 valence electrons. The third-order valence-corrected chi connectivity index (χ3v) is 2.95. The number of carboxylic acids is 3. The Balaban J connectivity index is 0.00000121. The number of carboxylic acid groups (broad SMARTS) is 3. The van der Waals surface area contributed by atoms with Gasteiger partial charge in [0.25, 0.3) is 0 Å². The maximum absolute atomic E-state index is 10.9. The van der Waals surface area contributed by atoms with Crippen molar-refractivity contribution in [3.05, 3.63) is 0 Å². The second-order valence-electron chi connectivity index (χ2n) is 3.89. The molecule has 0 amide bonds. The lowest BCUT2D eigenvalue weighted by Crippen LogP contribution is -2.33. The van der Waals surface area contributed by atoms with Gasteiger partial charge in [-0.1, -0.05) is 20.8 Å². The van der Waals surface area contributed by atoms with Crippen molar-refractivity contribution < 1.29 is 29.7 Å². The Morgan fingerprint density at radius 1 is 0.882 bits per heavy atom. The van der Waals surface area contributed by atoms with E-state index in [2.05, 4.69) is 0 Å². The molecule has 17 heavy (non-hydrogen) atoms. The normalized spacial score (nSPS) is 31.2. The lowest BCUT2D eigenvalue weighted by atomic mass is 9.87. The third kappa shape index (κ3) is 3.18. The monoisotopic (exact) mass is 246 g/mol. The predicted octanol–water partition coefficient (Wildman–Crippen LogP) is 1.15. The lowest BCUT2D eigenvalue weighted by molar-refractivity contribution is -0.158. The van der Waals surface area contributed by atoms with Crippen LogP contribution in [0.3, 0.4) is 0 Å². The maximum Gasteiger partial charge on any atom is 0.308 e. The molecule has 0 saturated heterocycles. The van der Waals surface area contributed by atoms with E-state index in [9.17, 15) is 14.4 Å². The Hall–Kier alpha value is -1.59. The Bertz CT molecular complexity index is 311. The van der Waals surface area contributed by atoms with E-state index in [1.807, 2.05) is 13.8 Å². The fourth-order valence-electron chi connectivity index (χ4n) is 2.28. The van der Waals surface area contributed by atoms with Crippen molar-refractivity contribution in [3.63, 3.8) is 0 Å². The summed E-state index contributed by atoms with van der Waals surface area (Å²) >= 11 is 0. The van der Waals surface area contributed by atoms with Crippen molar-refractivity contribution in [2.75, 3.05) is 0 Å². The van der Waals surface area contributed by atoms with Gasteiger partial charge in [0.2, 0.25) is 0 Å². The van der Waals surface area contributed by atoms with Crippen LogP contribution in [-0.4, -0.2) is 33.2 Å². The molecule has 4 atom stereocenters. The van der Waals surface area contributed by atoms with Crippen LogP contribution in [0.5, 0.6) is 0 Å². The molecule has 0 aromatic carbocycles. The molecule has 1 rings (SSSR count). The van der Waals surface area contributed by atoms with E-state index >= 15 is 0 Å². The predicted molar refractivity (Wildman–Crippen MR) is 58.5 cm³/mol. The van der Waals surface area contributed by atoms with E-state index in [0.717, 1.165) is 0 Å². The molecule has 1 saturated carbocycles. The highest BCUT2D eigenvalue weighted by atomic mass is 16.4. The average Bonchev–Trinajstić information content (AvgIpc) is 2.59. The Morgan fingerprint density at radius 3 is 1.59 bits per heavy atom. The number of hydrogen-bond donors (Lipinski definition) is 3. The summed E-state index contributed by atoms with van der Waals surface area (Å²) in [4.78, 5) is 32.5. The van der Waals surface area contributed by atoms with Crippen LogP contribution in [0.4, 0.5) is 0 Å². The zero-order valence-electron chi connectivity index (χ0n) is 10.1. The maximum atomic E-state index is 10.9. The average molecular weight is 246 g/mol. The van der Waals surface area contributed by atoms with E-state index in [4.69, 9.17) is 15.3 Å². The topological polar surface area (TPSA) is 112 Å². The van der Waals surface area contributed by atoms with E-state index in [1.165, 1.54) is 0 Å².